The number of pyridine rings is 1. The number of fused-ring (bicyclic) bond motifs is 1. The molecule has 21 heavy (non-hydrogen) atoms. The lowest BCUT2D eigenvalue weighted by atomic mass is 10.1. The van der Waals surface area contributed by atoms with Crippen LogP contribution in [0.15, 0.2) is 30.0 Å². The van der Waals surface area contributed by atoms with Gasteiger partial charge in [-0.1, -0.05) is 6.92 Å². The minimum absolute atomic E-state index is 0.198. The Bertz CT molecular complexity index is 718. The summed E-state index contributed by atoms with van der Waals surface area (Å²) in [5.74, 6) is 1.02. The molecule has 3 heterocycles. The van der Waals surface area contributed by atoms with Gasteiger partial charge in [0.1, 0.15) is 12.2 Å². The van der Waals surface area contributed by atoms with Crippen molar-refractivity contribution >= 4 is 21.6 Å². The molecule has 0 saturated carbocycles. The van der Waals surface area contributed by atoms with Gasteiger partial charge in [-0.3, -0.25) is 9.67 Å². The fourth-order valence-electron chi connectivity index (χ4n) is 2.47. The van der Waals surface area contributed by atoms with Crippen molar-refractivity contribution in [3.05, 3.63) is 41.4 Å². The molecule has 0 aliphatic carbocycles. The predicted octanol–water partition coefficient (Wildman–Crippen LogP) is 2.80. The number of aryl methyl sites for hydroxylation is 1. The van der Waals surface area contributed by atoms with E-state index < -0.39 is 0 Å². The number of aromatic nitrogens is 4. The fraction of sp³-hybridized carbons (Fsp3) is 0.400. The first-order chi connectivity index (χ1) is 10.3. The maximum absolute atomic E-state index is 4.53. The van der Waals surface area contributed by atoms with Gasteiger partial charge in [-0.2, -0.15) is 5.10 Å². The minimum Gasteiger partial charge on any atom is -0.313 e. The molecule has 0 radical (unpaired) electrons. The summed E-state index contributed by atoms with van der Waals surface area (Å²) in [6.45, 7) is 3.06. The number of hydrogen-bond donors (Lipinski definition) is 1. The molecule has 0 saturated heterocycles. The van der Waals surface area contributed by atoms with Crippen molar-refractivity contribution in [3.8, 4) is 0 Å². The molecule has 3 aromatic heterocycles. The summed E-state index contributed by atoms with van der Waals surface area (Å²) in [6.07, 6.45) is 5.47. The third-order valence-electron chi connectivity index (χ3n) is 3.59. The maximum atomic E-state index is 4.53. The van der Waals surface area contributed by atoms with E-state index in [1.54, 1.807) is 17.7 Å². The molecule has 0 bridgehead atoms. The van der Waals surface area contributed by atoms with Gasteiger partial charge in [0.05, 0.1) is 10.2 Å². The molecule has 0 aliphatic heterocycles. The van der Waals surface area contributed by atoms with E-state index in [2.05, 4.69) is 44.8 Å². The highest BCUT2D eigenvalue weighted by molar-refractivity contribution is 7.17. The van der Waals surface area contributed by atoms with E-state index in [4.69, 9.17) is 0 Å². The molecule has 1 N–H and O–H groups in total. The molecule has 0 spiro atoms. The molecule has 0 fully saturated rings. The second kappa shape index (κ2) is 6.32. The Morgan fingerprint density at radius 2 is 2.29 bits per heavy atom. The summed E-state index contributed by atoms with van der Waals surface area (Å²) in [4.78, 5) is 8.92. The average molecular weight is 301 g/mol. The zero-order valence-corrected chi connectivity index (χ0v) is 13.1. The number of rotatable bonds is 6. The van der Waals surface area contributed by atoms with Crippen LogP contribution in [0.5, 0.6) is 0 Å². The first-order valence-electron chi connectivity index (χ1n) is 7.19. The molecule has 1 unspecified atom stereocenters. The molecule has 1 atom stereocenters. The number of thiophene rings is 1. The Morgan fingerprint density at radius 3 is 3.10 bits per heavy atom. The maximum Gasteiger partial charge on any atom is 0.138 e. The van der Waals surface area contributed by atoms with Gasteiger partial charge in [0.15, 0.2) is 0 Å². The molecule has 3 rings (SSSR count). The van der Waals surface area contributed by atoms with Gasteiger partial charge in [0.25, 0.3) is 0 Å². The third kappa shape index (κ3) is 2.96. The molecular weight excluding hydrogens is 282 g/mol. The van der Waals surface area contributed by atoms with Crippen LogP contribution in [0.3, 0.4) is 0 Å². The van der Waals surface area contributed by atoms with Crippen LogP contribution in [-0.4, -0.2) is 26.8 Å². The van der Waals surface area contributed by atoms with E-state index in [1.165, 1.54) is 10.3 Å². The van der Waals surface area contributed by atoms with E-state index in [0.29, 0.717) is 0 Å². The lowest BCUT2D eigenvalue weighted by Gasteiger charge is -2.16. The molecule has 110 valence electrons. The average Bonchev–Trinajstić information content (AvgIpc) is 3.13. The summed E-state index contributed by atoms with van der Waals surface area (Å²) in [7, 11) is 1.98. The molecule has 0 aromatic carbocycles. The molecule has 6 heteroatoms. The van der Waals surface area contributed by atoms with E-state index in [-0.39, 0.29) is 6.04 Å². The summed E-state index contributed by atoms with van der Waals surface area (Å²) in [6, 6.07) is 4.47. The van der Waals surface area contributed by atoms with Crippen molar-refractivity contribution < 1.29 is 0 Å². The van der Waals surface area contributed by atoms with E-state index in [0.717, 1.165) is 30.7 Å². The highest BCUT2D eigenvalue weighted by Gasteiger charge is 2.15. The van der Waals surface area contributed by atoms with E-state index in [9.17, 15) is 0 Å². The Hall–Kier alpha value is -1.79. The molecule has 3 aromatic rings. The highest BCUT2D eigenvalue weighted by Crippen LogP contribution is 2.24. The van der Waals surface area contributed by atoms with Crippen LogP contribution in [0, 0.1) is 0 Å². The van der Waals surface area contributed by atoms with Crippen LogP contribution >= 0.6 is 11.3 Å². The Labute approximate surface area is 128 Å². The van der Waals surface area contributed by atoms with Gasteiger partial charge in [-0.25, -0.2) is 4.98 Å². The van der Waals surface area contributed by atoms with Crippen LogP contribution < -0.4 is 5.32 Å². The van der Waals surface area contributed by atoms with E-state index >= 15 is 0 Å². The zero-order chi connectivity index (χ0) is 14.7. The topological polar surface area (TPSA) is 55.6 Å². The van der Waals surface area contributed by atoms with Gasteiger partial charge in [-0.15, -0.1) is 11.3 Å². The minimum atomic E-state index is 0.198. The number of hydrogen-bond acceptors (Lipinski definition) is 5. The number of nitrogens with zero attached hydrogens (tertiary/aromatic N) is 4. The summed E-state index contributed by atoms with van der Waals surface area (Å²) in [5.41, 5.74) is 2.26. The van der Waals surface area contributed by atoms with Gasteiger partial charge in [-0.05, 0) is 36.5 Å². The summed E-state index contributed by atoms with van der Waals surface area (Å²) in [5, 5.41) is 9.74. The third-order valence-corrected chi connectivity index (χ3v) is 4.45. The summed E-state index contributed by atoms with van der Waals surface area (Å²) >= 11 is 1.73. The standard InChI is InChI=1S/C15H19N5S/c1-3-5-20-15(18-10-19-20)8-13(16-2)11-7-14-12(17-9-11)4-6-21-14/h4,6-7,9-10,13,16H,3,5,8H2,1-2H3. The smallest absolute Gasteiger partial charge is 0.138 e. The second-order valence-corrected chi connectivity index (χ2v) is 5.97. The lowest BCUT2D eigenvalue weighted by molar-refractivity contribution is 0.516. The van der Waals surface area contributed by atoms with Crippen LogP contribution in [0.2, 0.25) is 0 Å². The number of nitrogens with one attached hydrogen (secondary N) is 1. The van der Waals surface area contributed by atoms with Crippen LogP contribution in [0.25, 0.3) is 10.2 Å². The van der Waals surface area contributed by atoms with Crippen LogP contribution in [0.4, 0.5) is 0 Å². The van der Waals surface area contributed by atoms with Gasteiger partial charge >= 0.3 is 0 Å². The zero-order valence-electron chi connectivity index (χ0n) is 12.3. The van der Waals surface area contributed by atoms with E-state index in [1.807, 2.05) is 17.9 Å². The molecular formula is C15H19N5S. The SMILES string of the molecule is CCCn1ncnc1CC(NC)c1cnc2ccsc2c1. The van der Waals surface area contributed by atoms with Crippen molar-refractivity contribution in [2.45, 2.75) is 32.4 Å². The van der Waals surface area contributed by atoms with Crippen molar-refractivity contribution in [1.29, 1.82) is 0 Å². The van der Waals surface area contributed by atoms with Crippen molar-refractivity contribution in [1.82, 2.24) is 25.1 Å². The first-order valence-corrected chi connectivity index (χ1v) is 8.07. The van der Waals surface area contributed by atoms with Crippen molar-refractivity contribution in [3.63, 3.8) is 0 Å². The van der Waals surface area contributed by atoms with Crippen LogP contribution in [0.1, 0.15) is 30.8 Å². The lowest BCUT2D eigenvalue weighted by Crippen LogP contribution is -2.21. The quantitative estimate of drug-likeness (QED) is 0.760. The van der Waals surface area contributed by atoms with Crippen molar-refractivity contribution in [2.24, 2.45) is 0 Å². The normalized spacial score (nSPS) is 12.9. The Morgan fingerprint density at radius 1 is 1.38 bits per heavy atom. The molecule has 0 amide bonds. The fourth-order valence-corrected chi connectivity index (χ4v) is 3.26. The summed E-state index contributed by atoms with van der Waals surface area (Å²) < 4.78 is 3.21. The predicted molar refractivity (Wildman–Crippen MR) is 85.4 cm³/mol. The van der Waals surface area contributed by atoms with Crippen LogP contribution in [-0.2, 0) is 13.0 Å². The second-order valence-electron chi connectivity index (χ2n) is 5.02. The molecule has 0 aliphatic rings. The highest BCUT2D eigenvalue weighted by atomic mass is 32.1. The Balaban J connectivity index is 1.85. The van der Waals surface area contributed by atoms with Crippen molar-refractivity contribution in [2.75, 3.05) is 7.05 Å². The number of likely N-dealkylation sites (N-methyl/N-ethyl adjacent to an activating group) is 1. The first kappa shape index (κ1) is 14.2. The van der Waals surface area contributed by atoms with Gasteiger partial charge in [0, 0.05) is 25.2 Å². The van der Waals surface area contributed by atoms with Gasteiger partial charge in [0.2, 0.25) is 0 Å². The largest absolute Gasteiger partial charge is 0.313 e. The van der Waals surface area contributed by atoms with Gasteiger partial charge < -0.3 is 5.32 Å². The molecule has 5 nitrogen and oxygen atoms in total. The monoisotopic (exact) mass is 301 g/mol. The Kier molecular flexibility index (Phi) is 4.26.